The van der Waals surface area contributed by atoms with Gasteiger partial charge < -0.3 is 0 Å². The third-order valence-electron chi connectivity index (χ3n) is 1.96. The van der Waals surface area contributed by atoms with Crippen LogP contribution in [0.4, 0.5) is 5.69 Å². The summed E-state index contributed by atoms with van der Waals surface area (Å²) in [5.74, 6) is 0. The Morgan fingerprint density at radius 3 is 2.18 bits per heavy atom. The molecule has 2 rings (SSSR count). The monoisotopic (exact) mass is 255 g/mol. The molecule has 2 aromatic rings. The second kappa shape index (κ2) is 5.92. The number of rotatable bonds is 1. The Bertz CT molecular complexity index is 595. The van der Waals surface area contributed by atoms with E-state index in [4.69, 9.17) is 13.0 Å². The van der Waals surface area contributed by atoms with Crippen LogP contribution in [0.2, 0.25) is 0 Å². The molecule has 17 heavy (non-hydrogen) atoms. The molecular weight excluding hydrogens is 246 g/mol. The molecule has 0 aromatic heterocycles. The first-order chi connectivity index (χ1) is 8.02. The molecule has 0 unspecified atom stereocenters. The highest BCUT2D eigenvalue weighted by atomic mass is 32.2. The highest BCUT2D eigenvalue weighted by Gasteiger charge is 2.08. The summed E-state index contributed by atoms with van der Waals surface area (Å²) in [5.41, 5.74) is 0.165. The largest absolute Gasteiger partial charge is 0.288 e. The Hall–Kier alpha value is -1.99. The number of hydrogen-bond acceptors (Lipinski definition) is 4. The Kier molecular flexibility index (Phi) is 4.56. The zero-order valence-electron chi connectivity index (χ0n) is 8.52. The molecule has 7 heteroatoms. The number of nitro benzene ring substituents is 1. The van der Waals surface area contributed by atoms with E-state index in [2.05, 4.69) is 0 Å². The average Bonchev–Trinajstić information content (AvgIpc) is 2.27. The molecular formula is C10H9NO5S. The third kappa shape index (κ3) is 3.82. The van der Waals surface area contributed by atoms with Crippen LogP contribution < -0.4 is 0 Å². The normalized spacial score (nSPS) is 9.76. The fraction of sp³-hybridized carbons (Fsp3) is 0. The smallest absolute Gasteiger partial charge is 0.277 e. The van der Waals surface area contributed by atoms with Gasteiger partial charge in [0, 0.05) is 6.07 Å². The molecule has 2 aromatic carbocycles. The van der Waals surface area contributed by atoms with E-state index in [9.17, 15) is 10.1 Å². The topological polar surface area (TPSA) is 97.5 Å². The van der Waals surface area contributed by atoms with E-state index in [0.717, 1.165) is 5.39 Å². The van der Waals surface area contributed by atoms with Crippen molar-refractivity contribution in [2.75, 3.05) is 0 Å². The van der Waals surface area contributed by atoms with E-state index in [1.807, 2.05) is 18.2 Å². The lowest BCUT2D eigenvalue weighted by molar-refractivity contribution is -0.383. The SMILES string of the molecule is O=[N+]([O-])c1cccc2ccccc12.O=[SH](=O)O. The van der Waals surface area contributed by atoms with Gasteiger partial charge in [0.1, 0.15) is 0 Å². The highest BCUT2D eigenvalue weighted by Crippen LogP contribution is 2.24. The van der Waals surface area contributed by atoms with Crippen LogP contribution in [0.25, 0.3) is 10.8 Å². The summed E-state index contributed by atoms with van der Waals surface area (Å²) >= 11 is 0. The lowest BCUT2D eigenvalue weighted by Crippen LogP contribution is -1.88. The maximum absolute atomic E-state index is 10.6. The van der Waals surface area contributed by atoms with E-state index < -0.39 is 11.0 Å². The maximum atomic E-state index is 10.6. The van der Waals surface area contributed by atoms with Crippen LogP contribution in [-0.2, 0) is 11.0 Å². The molecule has 0 saturated heterocycles. The molecule has 0 amide bonds. The summed E-state index contributed by atoms with van der Waals surface area (Å²) in [6, 6.07) is 12.4. The molecule has 6 nitrogen and oxygen atoms in total. The van der Waals surface area contributed by atoms with Crippen molar-refractivity contribution in [1.82, 2.24) is 0 Å². The zero-order valence-corrected chi connectivity index (χ0v) is 9.41. The van der Waals surface area contributed by atoms with Crippen molar-refractivity contribution in [2.24, 2.45) is 0 Å². The summed E-state index contributed by atoms with van der Waals surface area (Å²) in [4.78, 5) is 10.3. The number of nitro groups is 1. The molecule has 0 spiro atoms. The van der Waals surface area contributed by atoms with Gasteiger partial charge in [0.15, 0.2) is 0 Å². The summed E-state index contributed by atoms with van der Waals surface area (Å²) in [5, 5.41) is 12.2. The Morgan fingerprint density at radius 1 is 1.06 bits per heavy atom. The Morgan fingerprint density at radius 2 is 1.59 bits per heavy atom. The molecule has 0 saturated carbocycles. The minimum atomic E-state index is -3.12. The van der Waals surface area contributed by atoms with Crippen molar-refractivity contribution < 1.29 is 17.9 Å². The fourth-order valence-corrected chi connectivity index (χ4v) is 1.37. The molecule has 1 N–H and O–H groups in total. The van der Waals surface area contributed by atoms with Crippen LogP contribution in [0.5, 0.6) is 0 Å². The summed E-state index contributed by atoms with van der Waals surface area (Å²) in [6.07, 6.45) is 0. The first-order valence-electron chi connectivity index (χ1n) is 4.48. The van der Waals surface area contributed by atoms with Gasteiger partial charge in [-0.15, -0.1) is 0 Å². The summed E-state index contributed by atoms with van der Waals surface area (Å²) < 4.78 is 24.2. The van der Waals surface area contributed by atoms with Crippen molar-refractivity contribution in [2.45, 2.75) is 0 Å². The van der Waals surface area contributed by atoms with E-state index >= 15 is 0 Å². The molecule has 0 bridgehead atoms. The van der Waals surface area contributed by atoms with Crippen molar-refractivity contribution >= 4 is 27.4 Å². The summed E-state index contributed by atoms with van der Waals surface area (Å²) in [7, 11) is -3.12. The number of benzene rings is 2. The fourth-order valence-electron chi connectivity index (χ4n) is 1.37. The van der Waals surface area contributed by atoms with Gasteiger partial charge >= 0.3 is 0 Å². The van der Waals surface area contributed by atoms with E-state index in [1.165, 1.54) is 6.07 Å². The molecule has 0 fully saturated rings. The lowest BCUT2D eigenvalue weighted by Gasteiger charge is -1.97. The lowest BCUT2D eigenvalue weighted by atomic mass is 10.1. The van der Waals surface area contributed by atoms with Gasteiger partial charge in [-0.2, -0.15) is 0 Å². The third-order valence-corrected chi connectivity index (χ3v) is 1.96. The average molecular weight is 255 g/mol. The van der Waals surface area contributed by atoms with Crippen molar-refractivity contribution in [3.63, 3.8) is 0 Å². The minimum Gasteiger partial charge on any atom is -0.288 e. The predicted molar refractivity (Wildman–Crippen MR) is 63.5 cm³/mol. The zero-order chi connectivity index (χ0) is 12.8. The standard InChI is InChI=1S/C10H7NO2.H2O3S/c12-11(13)10-7-3-5-8-4-1-2-6-9(8)10;1-4(2)3/h1-7H;4H,(H,1,2,3). The molecule has 0 aliphatic heterocycles. The second-order valence-electron chi connectivity index (χ2n) is 2.99. The first-order valence-corrected chi connectivity index (χ1v) is 5.61. The van der Waals surface area contributed by atoms with Gasteiger partial charge in [0.2, 0.25) is 0 Å². The molecule has 90 valence electrons. The van der Waals surface area contributed by atoms with Gasteiger partial charge in [0.05, 0.1) is 10.3 Å². The number of fused-ring (bicyclic) bond motifs is 1. The van der Waals surface area contributed by atoms with E-state index in [-0.39, 0.29) is 10.6 Å². The number of thiol groups is 1. The van der Waals surface area contributed by atoms with Gasteiger partial charge in [-0.1, -0.05) is 30.3 Å². The number of nitrogens with zero attached hydrogens (tertiary/aromatic N) is 1. The Labute approximate surface area is 98.4 Å². The van der Waals surface area contributed by atoms with Crippen LogP contribution in [0.1, 0.15) is 0 Å². The second-order valence-corrected chi connectivity index (χ2v) is 3.47. The van der Waals surface area contributed by atoms with Crippen molar-refractivity contribution in [3.05, 3.63) is 52.6 Å². The molecule has 0 heterocycles. The maximum Gasteiger partial charge on any atom is 0.277 e. The van der Waals surface area contributed by atoms with E-state index in [1.54, 1.807) is 18.2 Å². The van der Waals surface area contributed by atoms with Gasteiger partial charge in [-0.3, -0.25) is 14.7 Å². The Balaban J connectivity index is 0.000000317. The quantitative estimate of drug-likeness (QED) is 0.350. The predicted octanol–water partition coefficient (Wildman–Crippen LogP) is 1.82. The van der Waals surface area contributed by atoms with Gasteiger partial charge in [0.25, 0.3) is 16.7 Å². The van der Waals surface area contributed by atoms with Gasteiger partial charge in [-0.25, -0.2) is 8.42 Å². The van der Waals surface area contributed by atoms with Crippen LogP contribution in [0.15, 0.2) is 42.5 Å². The van der Waals surface area contributed by atoms with Gasteiger partial charge in [-0.05, 0) is 11.5 Å². The van der Waals surface area contributed by atoms with Crippen LogP contribution in [0, 0.1) is 10.1 Å². The molecule has 0 radical (unpaired) electrons. The highest BCUT2D eigenvalue weighted by molar-refractivity contribution is 7.66. The van der Waals surface area contributed by atoms with Crippen LogP contribution in [0.3, 0.4) is 0 Å². The number of non-ortho nitro benzene ring substituents is 1. The van der Waals surface area contributed by atoms with Crippen LogP contribution in [-0.4, -0.2) is 17.9 Å². The van der Waals surface area contributed by atoms with Crippen molar-refractivity contribution in [3.8, 4) is 0 Å². The van der Waals surface area contributed by atoms with Crippen molar-refractivity contribution in [1.29, 1.82) is 0 Å². The summed E-state index contributed by atoms with van der Waals surface area (Å²) in [6.45, 7) is 0. The number of hydrogen-bond donors (Lipinski definition) is 2. The first kappa shape index (κ1) is 13.1. The molecule has 0 atom stereocenters. The van der Waals surface area contributed by atoms with E-state index in [0.29, 0.717) is 5.39 Å². The minimum absolute atomic E-state index is 0.165. The molecule has 0 aliphatic rings. The molecule has 0 aliphatic carbocycles. The van der Waals surface area contributed by atoms with Crippen LogP contribution >= 0.6 is 0 Å².